The van der Waals surface area contributed by atoms with E-state index in [1.165, 1.54) is 12.1 Å². The second-order valence-corrected chi connectivity index (χ2v) is 7.63. The normalized spacial score (nSPS) is 23.4. The van der Waals surface area contributed by atoms with Gasteiger partial charge in [-0.05, 0) is 49.9 Å². The van der Waals surface area contributed by atoms with E-state index in [4.69, 9.17) is 0 Å². The molecule has 1 N–H and O–H groups in total. The number of anilines is 1. The van der Waals surface area contributed by atoms with Crippen LogP contribution in [0.2, 0.25) is 0 Å². The maximum Gasteiger partial charge on any atom is 0.321 e. The Morgan fingerprint density at radius 1 is 1.23 bits per heavy atom. The second kappa shape index (κ2) is 8.06. The van der Waals surface area contributed by atoms with Crippen molar-refractivity contribution in [1.82, 2.24) is 9.80 Å². The van der Waals surface area contributed by atoms with Crippen molar-refractivity contribution in [2.75, 3.05) is 31.5 Å². The molecule has 1 unspecified atom stereocenters. The molecule has 26 heavy (non-hydrogen) atoms. The summed E-state index contributed by atoms with van der Waals surface area (Å²) < 4.78 is 13.0. The molecule has 1 aromatic carbocycles. The highest BCUT2D eigenvalue weighted by atomic mass is 19.1. The van der Waals surface area contributed by atoms with Crippen LogP contribution in [0.5, 0.6) is 0 Å². The smallest absolute Gasteiger partial charge is 0.321 e. The Hall–Kier alpha value is -2.11. The highest BCUT2D eigenvalue weighted by Gasteiger charge is 2.42. The SMILES string of the molecule is CCCCN1CC2(CCCN(C(=O)Nc3ccc(F)cc3)C2)CCC1=O. The lowest BCUT2D eigenvalue weighted by molar-refractivity contribution is -0.139. The van der Waals surface area contributed by atoms with E-state index in [1.54, 1.807) is 12.1 Å². The van der Waals surface area contributed by atoms with Crippen LogP contribution in [0.25, 0.3) is 0 Å². The topological polar surface area (TPSA) is 52.6 Å². The standard InChI is InChI=1S/C20H28FN3O2/c1-2-3-12-23-14-20(11-9-18(23)25)10-4-13-24(15-20)19(26)22-17-7-5-16(21)6-8-17/h5-8H,2-4,9-15H2,1H3,(H,22,26). The lowest BCUT2D eigenvalue weighted by atomic mass is 9.73. The lowest BCUT2D eigenvalue weighted by Gasteiger charge is -2.48. The van der Waals surface area contributed by atoms with Crippen LogP contribution in [0, 0.1) is 11.2 Å². The average molecular weight is 361 g/mol. The molecular weight excluding hydrogens is 333 g/mol. The van der Waals surface area contributed by atoms with Crippen LogP contribution in [-0.2, 0) is 4.79 Å². The van der Waals surface area contributed by atoms with E-state index >= 15 is 0 Å². The molecular formula is C20H28FN3O2. The summed E-state index contributed by atoms with van der Waals surface area (Å²) in [5.74, 6) is -0.0732. The molecule has 0 saturated carbocycles. The van der Waals surface area contributed by atoms with E-state index < -0.39 is 0 Å². The number of nitrogens with zero attached hydrogens (tertiary/aromatic N) is 2. The molecule has 0 aliphatic carbocycles. The first-order valence-electron chi connectivity index (χ1n) is 9.61. The number of benzene rings is 1. The molecule has 3 amide bonds. The summed E-state index contributed by atoms with van der Waals surface area (Å²) in [5, 5.41) is 2.85. The Morgan fingerprint density at radius 2 is 2.00 bits per heavy atom. The van der Waals surface area contributed by atoms with Gasteiger partial charge in [-0.15, -0.1) is 0 Å². The third-order valence-corrected chi connectivity index (χ3v) is 5.57. The predicted octanol–water partition coefficient (Wildman–Crippen LogP) is 3.86. The van der Waals surface area contributed by atoms with Gasteiger partial charge in [-0.25, -0.2) is 9.18 Å². The minimum absolute atomic E-state index is 0.0139. The van der Waals surface area contributed by atoms with Crippen molar-refractivity contribution in [3.63, 3.8) is 0 Å². The van der Waals surface area contributed by atoms with Gasteiger partial charge in [0.1, 0.15) is 5.82 Å². The van der Waals surface area contributed by atoms with Gasteiger partial charge in [0.2, 0.25) is 5.91 Å². The number of urea groups is 1. The number of amides is 3. The molecule has 2 saturated heterocycles. The maximum absolute atomic E-state index is 13.0. The number of carbonyl (C=O) groups excluding carboxylic acids is 2. The quantitative estimate of drug-likeness (QED) is 0.885. The summed E-state index contributed by atoms with van der Waals surface area (Å²) in [6.07, 6.45) is 5.54. The van der Waals surface area contributed by atoms with Crippen molar-refractivity contribution in [2.24, 2.45) is 5.41 Å². The number of piperidine rings is 2. The van der Waals surface area contributed by atoms with Crippen molar-refractivity contribution in [2.45, 2.75) is 45.4 Å². The molecule has 2 aliphatic rings. The molecule has 0 radical (unpaired) electrons. The first kappa shape index (κ1) is 18.7. The molecule has 2 aliphatic heterocycles. The number of hydrogen-bond acceptors (Lipinski definition) is 2. The Kier molecular flexibility index (Phi) is 5.79. The van der Waals surface area contributed by atoms with Gasteiger partial charge in [0.05, 0.1) is 0 Å². The van der Waals surface area contributed by atoms with Crippen molar-refractivity contribution in [3.8, 4) is 0 Å². The van der Waals surface area contributed by atoms with Crippen LogP contribution in [0.1, 0.15) is 45.4 Å². The summed E-state index contributed by atoms with van der Waals surface area (Å²) >= 11 is 0. The minimum Gasteiger partial charge on any atom is -0.342 e. The van der Waals surface area contributed by atoms with Crippen LogP contribution >= 0.6 is 0 Å². The van der Waals surface area contributed by atoms with Gasteiger partial charge in [-0.2, -0.15) is 0 Å². The summed E-state index contributed by atoms with van der Waals surface area (Å²) in [4.78, 5) is 28.7. The fraction of sp³-hybridized carbons (Fsp3) is 0.600. The fourth-order valence-corrected chi connectivity index (χ4v) is 4.11. The Labute approximate surface area is 154 Å². The molecule has 5 nitrogen and oxygen atoms in total. The molecule has 3 rings (SSSR count). The Bertz CT molecular complexity index is 649. The lowest BCUT2D eigenvalue weighted by Crippen LogP contribution is -2.55. The molecule has 0 bridgehead atoms. The zero-order valence-corrected chi connectivity index (χ0v) is 15.5. The highest BCUT2D eigenvalue weighted by Crippen LogP contribution is 2.39. The molecule has 142 valence electrons. The van der Waals surface area contributed by atoms with Crippen LogP contribution in [0.3, 0.4) is 0 Å². The third-order valence-electron chi connectivity index (χ3n) is 5.57. The van der Waals surface area contributed by atoms with E-state index in [2.05, 4.69) is 12.2 Å². The largest absolute Gasteiger partial charge is 0.342 e. The van der Waals surface area contributed by atoms with Gasteiger partial charge >= 0.3 is 6.03 Å². The zero-order chi connectivity index (χ0) is 18.6. The molecule has 0 aromatic heterocycles. The number of nitrogens with one attached hydrogen (secondary N) is 1. The fourth-order valence-electron chi connectivity index (χ4n) is 4.11. The number of likely N-dealkylation sites (tertiary alicyclic amines) is 2. The summed E-state index contributed by atoms with van der Waals surface area (Å²) in [5.41, 5.74) is 0.611. The first-order valence-corrected chi connectivity index (χ1v) is 9.61. The Morgan fingerprint density at radius 3 is 2.73 bits per heavy atom. The first-order chi connectivity index (χ1) is 12.5. The van der Waals surface area contributed by atoms with Crippen LogP contribution in [0.4, 0.5) is 14.9 Å². The summed E-state index contributed by atoms with van der Waals surface area (Å²) in [6, 6.07) is 5.67. The van der Waals surface area contributed by atoms with Gasteiger partial charge in [-0.1, -0.05) is 13.3 Å². The predicted molar refractivity (Wildman–Crippen MR) is 99.4 cm³/mol. The van der Waals surface area contributed by atoms with E-state index in [9.17, 15) is 14.0 Å². The van der Waals surface area contributed by atoms with Gasteiger partial charge in [-0.3, -0.25) is 4.79 Å². The number of rotatable bonds is 4. The van der Waals surface area contributed by atoms with E-state index in [-0.39, 0.29) is 23.2 Å². The van der Waals surface area contributed by atoms with E-state index in [1.807, 2.05) is 9.80 Å². The van der Waals surface area contributed by atoms with Crippen molar-refractivity contribution in [1.29, 1.82) is 0 Å². The monoisotopic (exact) mass is 361 g/mol. The van der Waals surface area contributed by atoms with Crippen molar-refractivity contribution >= 4 is 17.6 Å². The summed E-state index contributed by atoms with van der Waals surface area (Å²) in [6.45, 7) is 5.10. The van der Waals surface area contributed by atoms with Crippen LogP contribution in [0.15, 0.2) is 24.3 Å². The highest BCUT2D eigenvalue weighted by molar-refractivity contribution is 5.89. The molecule has 2 fully saturated rings. The minimum atomic E-state index is -0.320. The third kappa shape index (κ3) is 4.34. The number of carbonyl (C=O) groups is 2. The molecule has 1 atom stereocenters. The molecule has 1 aromatic rings. The Balaban J connectivity index is 1.63. The number of unbranched alkanes of at least 4 members (excludes halogenated alkanes) is 1. The van der Waals surface area contributed by atoms with Gasteiger partial charge < -0.3 is 15.1 Å². The maximum atomic E-state index is 13.0. The van der Waals surface area contributed by atoms with E-state index in [0.29, 0.717) is 18.7 Å². The van der Waals surface area contributed by atoms with Gasteiger partial charge in [0.25, 0.3) is 0 Å². The molecule has 2 heterocycles. The van der Waals surface area contributed by atoms with Gasteiger partial charge in [0.15, 0.2) is 0 Å². The average Bonchev–Trinajstić information content (AvgIpc) is 2.65. The van der Waals surface area contributed by atoms with E-state index in [0.717, 1.165) is 51.7 Å². The molecule has 6 heteroatoms. The zero-order valence-electron chi connectivity index (χ0n) is 15.5. The van der Waals surface area contributed by atoms with Crippen LogP contribution in [-0.4, -0.2) is 47.9 Å². The van der Waals surface area contributed by atoms with Crippen molar-refractivity contribution < 1.29 is 14.0 Å². The van der Waals surface area contributed by atoms with Crippen LogP contribution < -0.4 is 5.32 Å². The summed E-state index contributed by atoms with van der Waals surface area (Å²) in [7, 11) is 0. The molecule has 1 spiro atoms. The number of hydrogen-bond donors (Lipinski definition) is 1. The number of halogens is 1. The van der Waals surface area contributed by atoms with Crippen molar-refractivity contribution in [3.05, 3.63) is 30.1 Å². The van der Waals surface area contributed by atoms with Gasteiger partial charge in [0, 0.05) is 43.7 Å². The second-order valence-electron chi connectivity index (χ2n) is 7.63.